The van der Waals surface area contributed by atoms with Gasteiger partial charge in [0.1, 0.15) is 6.04 Å². The van der Waals surface area contributed by atoms with Gasteiger partial charge >= 0.3 is 0 Å². The molecule has 2 fully saturated rings. The molecule has 4 heterocycles. The number of halogens is 1. The van der Waals surface area contributed by atoms with E-state index in [1.165, 1.54) is 0 Å². The Hall–Kier alpha value is -2.29. The molecule has 3 amide bonds. The van der Waals surface area contributed by atoms with Gasteiger partial charge in [-0.2, -0.15) is 0 Å². The lowest BCUT2D eigenvalue weighted by atomic mass is 9.74. The van der Waals surface area contributed by atoms with E-state index in [4.69, 9.17) is 11.6 Å². The number of carbonyl (C=O) groups is 3. The quantitative estimate of drug-likeness (QED) is 0.452. The van der Waals surface area contributed by atoms with Gasteiger partial charge in [0, 0.05) is 48.7 Å². The first kappa shape index (κ1) is 25.4. The topological polar surface area (TPSA) is 81.2 Å². The van der Waals surface area contributed by atoms with Gasteiger partial charge in [0.05, 0.1) is 16.6 Å². The van der Waals surface area contributed by atoms with E-state index in [0.29, 0.717) is 37.5 Å². The fraction of sp³-hybridized carbons (Fsp3) is 0.519. The maximum atomic E-state index is 14.3. The van der Waals surface area contributed by atoms with Crippen molar-refractivity contribution in [2.75, 3.05) is 38.2 Å². The number of aliphatic hydroxyl groups is 1. The molecule has 2 saturated heterocycles. The van der Waals surface area contributed by atoms with E-state index < -0.39 is 27.4 Å². The van der Waals surface area contributed by atoms with Crippen LogP contribution in [0.15, 0.2) is 48.6 Å². The predicted octanol–water partition coefficient (Wildman–Crippen LogP) is 3.12. The van der Waals surface area contributed by atoms with Crippen molar-refractivity contribution in [1.29, 1.82) is 0 Å². The summed E-state index contributed by atoms with van der Waals surface area (Å²) in [5.74, 6) is -1.50. The molecule has 1 N–H and O–H groups in total. The lowest BCUT2D eigenvalue weighted by Gasteiger charge is -2.37. The van der Waals surface area contributed by atoms with E-state index in [1.807, 2.05) is 37.3 Å². The predicted molar refractivity (Wildman–Crippen MR) is 142 cm³/mol. The van der Waals surface area contributed by atoms with Crippen LogP contribution in [-0.2, 0) is 14.4 Å². The van der Waals surface area contributed by atoms with Crippen molar-refractivity contribution in [1.82, 2.24) is 9.80 Å². The van der Waals surface area contributed by atoms with Crippen LogP contribution < -0.4 is 4.90 Å². The molecule has 192 valence electrons. The number of thioether (sulfide) groups is 1. The highest BCUT2D eigenvalue weighted by atomic mass is 35.5. The first-order valence-electron chi connectivity index (χ1n) is 12.5. The monoisotopic (exact) mass is 529 g/mol. The fourth-order valence-electron chi connectivity index (χ4n) is 6.31. The summed E-state index contributed by atoms with van der Waals surface area (Å²) in [5.41, 5.74) is 0.723. The number of anilines is 1. The highest BCUT2D eigenvalue weighted by Gasteiger charge is 2.73. The second-order valence-electron chi connectivity index (χ2n) is 10.3. The van der Waals surface area contributed by atoms with Gasteiger partial charge < -0.3 is 19.8 Å². The molecule has 0 aliphatic carbocycles. The number of amides is 3. The van der Waals surface area contributed by atoms with Gasteiger partial charge in [-0.05, 0) is 50.5 Å². The number of benzene rings is 1. The van der Waals surface area contributed by atoms with E-state index >= 15 is 0 Å². The molecule has 1 aromatic rings. The normalized spacial score (nSPS) is 33.5. The zero-order valence-electron chi connectivity index (χ0n) is 20.6. The Kier molecular flexibility index (Phi) is 6.72. The number of nitrogens with zero attached hydrogens (tertiary/aromatic N) is 3. The average molecular weight is 530 g/mol. The fourth-order valence-corrected chi connectivity index (χ4v) is 8.59. The van der Waals surface area contributed by atoms with Crippen molar-refractivity contribution >= 4 is 46.8 Å². The number of fused-ring (bicyclic) bond motifs is 2. The van der Waals surface area contributed by atoms with Gasteiger partial charge in [-0.1, -0.05) is 35.9 Å². The molecular formula is C27H32ClN3O4S. The number of carbonyl (C=O) groups excluding carboxylic acids is 3. The van der Waals surface area contributed by atoms with Crippen LogP contribution in [0.25, 0.3) is 0 Å². The van der Waals surface area contributed by atoms with Crippen LogP contribution >= 0.6 is 23.4 Å². The van der Waals surface area contributed by atoms with Crippen molar-refractivity contribution in [3.8, 4) is 0 Å². The Bertz CT molecular complexity index is 1120. The minimum Gasteiger partial charge on any atom is -0.396 e. The van der Waals surface area contributed by atoms with Crippen LogP contribution in [0.5, 0.6) is 0 Å². The van der Waals surface area contributed by atoms with Crippen LogP contribution in [0, 0.1) is 11.8 Å². The Morgan fingerprint density at radius 3 is 2.42 bits per heavy atom. The second-order valence-corrected chi connectivity index (χ2v) is 12.5. The summed E-state index contributed by atoms with van der Waals surface area (Å²) in [5, 5.41) is 9.80. The summed E-state index contributed by atoms with van der Waals surface area (Å²) < 4.78 is -1.44. The van der Waals surface area contributed by atoms with Gasteiger partial charge in [-0.25, -0.2) is 0 Å². The van der Waals surface area contributed by atoms with Crippen molar-refractivity contribution in [3.63, 3.8) is 0 Å². The highest BCUT2D eigenvalue weighted by Crippen LogP contribution is 2.65. The molecule has 5 rings (SSSR count). The van der Waals surface area contributed by atoms with E-state index in [1.54, 1.807) is 45.6 Å². The van der Waals surface area contributed by atoms with Gasteiger partial charge in [0.2, 0.25) is 11.8 Å². The maximum absolute atomic E-state index is 14.3. The number of hydrogen-bond donors (Lipinski definition) is 1. The molecular weight excluding hydrogens is 498 g/mol. The molecule has 4 aliphatic heterocycles. The summed E-state index contributed by atoms with van der Waals surface area (Å²) in [7, 11) is 1.77. The lowest BCUT2D eigenvalue weighted by Crippen LogP contribution is -2.53. The summed E-state index contributed by atoms with van der Waals surface area (Å²) >= 11 is 7.69. The number of aliphatic hydroxyl groups excluding tert-OH is 1. The van der Waals surface area contributed by atoms with E-state index in [0.717, 1.165) is 12.1 Å². The van der Waals surface area contributed by atoms with Crippen LogP contribution in [-0.4, -0.2) is 81.5 Å². The number of likely N-dealkylation sites (tertiary alicyclic amines) is 1. The zero-order chi connectivity index (χ0) is 25.7. The largest absolute Gasteiger partial charge is 0.396 e. The van der Waals surface area contributed by atoms with Crippen molar-refractivity contribution < 1.29 is 19.5 Å². The minimum atomic E-state index is -0.843. The third kappa shape index (κ3) is 3.89. The van der Waals surface area contributed by atoms with Gasteiger partial charge in [-0.3, -0.25) is 14.4 Å². The molecule has 4 aliphatic rings. The van der Waals surface area contributed by atoms with Gasteiger partial charge in [0.25, 0.3) is 5.91 Å². The summed E-state index contributed by atoms with van der Waals surface area (Å²) in [6.45, 7) is 3.43. The first-order valence-corrected chi connectivity index (χ1v) is 13.7. The molecule has 0 bridgehead atoms. The Morgan fingerprint density at radius 2 is 1.69 bits per heavy atom. The Morgan fingerprint density at radius 1 is 0.972 bits per heavy atom. The minimum absolute atomic E-state index is 0.0502. The van der Waals surface area contributed by atoms with Crippen molar-refractivity contribution in [2.24, 2.45) is 11.8 Å². The first-order chi connectivity index (χ1) is 17.2. The smallest absolute Gasteiger partial charge is 0.251 e. The third-order valence-electron chi connectivity index (χ3n) is 7.95. The molecule has 7 nitrogen and oxygen atoms in total. The average Bonchev–Trinajstić information content (AvgIpc) is 3.12. The summed E-state index contributed by atoms with van der Waals surface area (Å²) in [4.78, 5) is 47.2. The standard InChI is InChI=1S/C27H32ClN3O4S/c1-26-12-6-14-29(2)23(33)20(26)21-24(34)31(15-4-3-5-17-32)22-25(35)30(16-7-13-27(21,22)36-26)19-10-8-18(28)9-11-19/h6-13,20-22,32H,3-5,14-17H2,1-2H3/t20-,21+,22?,26+,27+/m1/s1. The van der Waals surface area contributed by atoms with Crippen molar-refractivity contribution in [2.45, 2.75) is 41.7 Å². The number of unbranched alkanes of at least 4 members (excludes halogenated alkanes) is 2. The van der Waals surface area contributed by atoms with Gasteiger partial charge in [-0.15, -0.1) is 11.8 Å². The molecule has 36 heavy (non-hydrogen) atoms. The maximum Gasteiger partial charge on any atom is 0.251 e. The Labute approximate surface area is 221 Å². The van der Waals surface area contributed by atoms with Gasteiger partial charge in [0.15, 0.2) is 0 Å². The van der Waals surface area contributed by atoms with E-state index in [9.17, 15) is 19.5 Å². The molecule has 0 saturated carbocycles. The SMILES string of the molecule is CN1CC=C[C@]2(C)S[C@]34C=CCN(c5ccc(Cl)cc5)C(=O)C3N(CCCCCO)C(=O)[C@@H]4[C@@H]2C1=O. The lowest BCUT2D eigenvalue weighted by molar-refractivity contribution is -0.143. The molecule has 9 heteroatoms. The second kappa shape index (κ2) is 9.54. The zero-order valence-corrected chi connectivity index (χ0v) is 22.2. The molecule has 5 atom stereocenters. The molecule has 0 radical (unpaired) electrons. The highest BCUT2D eigenvalue weighted by molar-refractivity contribution is 8.02. The summed E-state index contributed by atoms with van der Waals surface area (Å²) in [6, 6.07) is 6.43. The van der Waals surface area contributed by atoms with E-state index in [-0.39, 0.29) is 24.3 Å². The molecule has 1 aromatic carbocycles. The van der Waals surface area contributed by atoms with Crippen LogP contribution in [0.3, 0.4) is 0 Å². The van der Waals surface area contributed by atoms with Crippen LogP contribution in [0.4, 0.5) is 5.69 Å². The third-order valence-corrected chi connectivity index (χ3v) is 10.0. The summed E-state index contributed by atoms with van der Waals surface area (Å²) in [6.07, 6.45) is 10.2. The van der Waals surface area contributed by atoms with Crippen LogP contribution in [0.2, 0.25) is 5.02 Å². The molecule has 1 unspecified atom stereocenters. The van der Waals surface area contributed by atoms with Crippen LogP contribution in [0.1, 0.15) is 26.2 Å². The number of rotatable bonds is 6. The molecule has 1 spiro atoms. The Balaban J connectivity index is 1.60. The van der Waals surface area contributed by atoms with Crippen molar-refractivity contribution in [3.05, 3.63) is 53.6 Å². The van der Waals surface area contributed by atoms with E-state index in [2.05, 4.69) is 6.08 Å². The molecule has 0 aromatic heterocycles. The number of hydrogen-bond acceptors (Lipinski definition) is 5. The number of likely N-dealkylation sites (N-methyl/N-ethyl adjacent to an activating group) is 1.